The fourth-order valence-electron chi connectivity index (χ4n) is 1.88. The highest BCUT2D eigenvalue weighted by atomic mass is 16.3. The zero-order valence-electron chi connectivity index (χ0n) is 8.81. The van der Waals surface area contributed by atoms with E-state index in [1.54, 1.807) is 18.2 Å². The summed E-state index contributed by atoms with van der Waals surface area (Å²) in [4.78, 5) is 11.3. The zero-order chi connectivity index (χ0) is 11.5. The number of carbonyl (C=O) groups is 1. The molecule has 2 N–H and O–H groups in total. The van der Waals surface area contributed by atoms with E-state index >= 15 is 0 Å². The Kier molecular flexibility index (Phi) is 2.86. The average Bonchev–Trinajstić information content (AvgIpc) is 2.28. The first kappa shape index (κ1) is 10.6. The molecule has 0 bridgehead atoms. The third-order valence-electron chi connectivity index (χ3n) is 2.82. The molecule has 1 unspecified atom stereocenters. The van der Waals surface area contributed by atoms with Gasteiger partial charge in [0.15, 0.2) is 5.78 Å². The van der Waals surface area contributed by atoms with Gasteiger partial charge in [0.25, 0.3) is 0 Å². The van der Waals surface area contributed by atoms with Crippen LogP contribution in [0.5, 0.6) is 5.75 Å². The van der Waals surface area contributed by atoms with E-state index in [1.165, 1.54) is 6.08 Å². The van der Waals surface area contributed by atoms with Crippen molar-refractivity contribution in [1.29, 1.82) is 5.41 Å². The number of carbonyl (C=O) groups excluding carboxylic acids is 1. The summed E-state index contributed by atoms with van der Waals surface area (Å²) in [6, 6.07) is 7.06. The topological polar surface area (TPSA) is 61.2 Å². The van der Waals surface area contributed by atoms with Crippen LogP contribution < -0.4 is 0 Å². The Labute approximate surface area is 93.9 Å². The summed E-state index contributed by atoms with van der Waals surface area (Å²) in [5, 5.41) is 17.3. The van der Waals surface area contributed by atoms with Crippen molar-refractivity contribution in [2.24, 2.45) is 5.92 Å². The first-order valence-electron chi connectivity index (χ1n) is 5.24. The van der Waals surface area contributed by atoms with Crippen LogP contribution in [0.15, 0.2) is 36.4 Å². The molecule has 0 saturated heterocycles. The molecule has 1 aliphatic rings. The number of hydrogen-bond acceptors (Lipinski definition) is 3. The third-order valence-corrected chi connectivity index (χ3v) is 2.82. The van der Waals surface area contributed by atoms with Crippen LogP contribution in [-0.2, 0) is 11.2 Å². The molecule has 0 saturated carbocycles. The number of allylic oxidation sites excluding steroid dienone is 2. The molecule has 0 radical (unpaired) electrons. The molecule has 0 aliphatic heterocycles. The Morgan fingerprint density at radius 2 is 2.12 bits per heavy atom. The second-order valence-electron chi connectivity index (χ2n) is 3.95. The van der Waals surface area contributed by atoms with Crippen molar-refractivity contribution in [2.75, 3.05) is 0 Å². The molecule has 0 aromatic heterocycles. The van der Waals surface area contributed by atoms with Gasteiger partial charge >= 0.3 is 0 Å². The standard InChI is InChI=1S/C13H13NO2/c14-13-10(5-3-7-12(13)16)8-9-4-1-2-6-11(9)15/h1-4,6-7,10,14-15H,5,8H2. The van der Waals surface area contributed by atoms with Gasteiger partial charge in [-0.1, -0.05) is 24.3 Å². The van der Waals surface area contributed by atoms with Gasteiger partial charge in [0.05, 0.1) is 5.71 Å². The summed E-state index contributed by atoms with van der Waals surface area (Å²) >= 11 is 0. The molecule has 0 fully saturated rings. The van der Waals surface area contributed by atoms with Crippen molar-refractivity contribution in [1.82, 2.24) is 0 Å². The number of benzene rings is 1. The summed E-state index contributed by atoms with van der Waals surface area (Å²) in [6.45, 7) is 0. The second-order valence-corrected chi connectivity index (χ2v) is 3.95. The van der Waals surface area contributed by atoms with E-state index in [4.69, 9.17) is 5.41 Å². The number of rotatable bonds is 2. The fourth-order valence-corrected chi connectivity index (χ4v) is 1.88. The van der Waals surface area contributed by atoms with Crippen LogP contribution >= 0.6 is 0 Å². The molecule has 0 spiro atoms. The van der Waals surface area contributed by atoms with Crippen molar-refractivity contribution >= 4 is 11.5 Å². The summed E-state index contributed by atoms with van der Waals surface area (Å²) in [6.07, 6.45) is 4.48. The molecular weight excluding hydrogens is 202 g/mol. The van der Waals surface area contributed by atoms with E-state index in [0.717, 1.165) is 5.56 Å². The lowest BCUT2D eigenvalue weighted by Crippen LogP contribution is -2.26. The van der Waals surface area contributed by atoms with Gasteiger partial charge in [0.2, 0.25) is 0 Å². The predicted molar refractivity (Wildman–Crippen MR) is 61.8 cm³/mol. The Balaban J connectivity index is 2.17. The summed E-state index contributed by atoms with van der Waals surface area (Å²) in [5.41, 5.74) is 0.936. The van der Waals surface area contributed by atoms with E-state index < -0.39 is 0 Å². The molecule has 1 aliphatic carbocycles. The van der Waals surface area contributed by atoms with Gasteiger partial charge in [-0.15, -0.1) is 0 Å². The van der Waals surface area contributed by atoms with Crippen molar-refractivity contribution in [3.05, 3.63) is 42.0 Å². The minimum Gasteiger partial charge on any atom is -0.508 e. The molecule has 0 amide bonds. The number of para-hydroxylation sites is 1. The molecule has 0 heterocycles. The molecular formula is C13H13NO2. The van der Waals surface area contributed by atoms with Gasteiger partial charge in [-0.25, -0.2) is 0 Å². The van der Waals surface area contributed by atoms with Crippen LogP contribution in [-0.4, -0.2) is 16.6 Å². The van der Waals surface area contributed by atoms with Crippen LogP contribution in [0.2, 0.25) is 0 Å². The SMILES string of the molecule is N=C1C(=O)C=CCC1Cc1ccccc1O. The number of phenolic OH excluding ortho intramolecular Hbond substituents is 1. The van der Waals surface area contributed by atoms with Gasteiger partial charge in [0, 0.05) is 5.92 Å². The summed E-state index contributed by atoms with van der Waals surface area (Å²) in [5.74, 6) is -0.0882. The largest absolute Gasteiger partial charge is 0.508 e. The van der Waals surface area contributed by atoms with Crippen molar-refractivity contribution < 1.29 is 9.90 Å². The third kappa shape index (κ3) is 2.03. The molecule has 1 atom stereocenters. The molecule has 1 aromatic carbocycles. The van der Waals surface area contributed by atoms with Gasteiger partial charge in [0.1, 0.15) is 5.75 Å². The average molecular weight is 215 g/mol. The van der Waals surface area contributed by atoms with Gasteiger partial charge in [-0.2, -0.15) is 0 Å². The van der Waals surface area contributed by atoms with Crippen molar-refractivity contribution in [3.8, 4) is 5.75 Å². The molecule has 3 nitrogen and oxygen atoms in total. The van der Waals surface area contributed by atoms with Crippen LogP contribution in [0.1, 0.15) is 12.0 Å². The van der Waals surface area contributed by atoms with Crippen LogP contribution in [0, 0.1) is 11.3 Å². The smallest absolute Gasteiger partial charge is 0.199 e. The fraction of sp³-hybridized carbons (Fsp3) is 0.231. The minimum atomic E-state index is -0.216. The van der Waals surface area contributed by atoms with E-state index in [0.29, 0.717) is 12.8 Å². The Hall–Kier alpha value is -1.90. The number of nitrogens with one attached hydrogen (secondary N) is 1. The Morgan fingerprint density at radius 3 is 2.88 bits per heavy atom. The predicted octanol–water partition coefficient (Wildman–Crippen LogP) is 2.10. The number of aromatic hydroxyl groups is 1. The summed E-state index contributed by atoms with van der Waals surface area (Å²) in [7, 11) is 0. The first-order chi connectivity index (χ1) is 7.68. The van der Waals surface area contributed by atoms with Crippen LogP contribution in [0.3, 0.4) is 0 Å². The highest BCUT2D eigenvalue weighted by Gasteiger charge is 2.23. The summed E-state index contributed by atoms with van der Waals surface area (Å²) < 4.78 is 0. The molecule has 82 valence electrons. The van der Waals surface area contributed by atoms with Gasteiger partial charge in [-0.05, 0) is 30.5 Å². The highest BCUT2D eigenvalue weighted by Crippen LogP contribution is 2.24. The maximum Gasteiger partial charge on any atom is 0.199 e. The molecule has 16 heavy (non-hydrogen) atoms. The Morgan fingerprint density at radius 1 is 1.38 bits per heavy atom. The highest BCUT2D eigenvalue weighted by molar-refractivity contribution is 6.44. The van der Waals surface area contributed by atoms with E-state index in [-0.39, 0.29) is 23.2 Å². The lowest BCUT2D eigenvalue weighted by Gasteiger charge is -2.18. The number of hydrogen-bond donors (Lipinski definition) is 2. The van der Waals surface area contributed by atoms with Gasteiger partial charge in [-0.3, -0.25) is 4.79 Å². The lowest BCUT2D eigenvalue weighted by atomic mass is 9.86. The number of phenols is 1. The minimum absolute atomic E-state index is 0.106. The van der Waals surface area contributed by atoms with E-state index in [2.05, 4.69) is 0 Å². The lowest BCUT2D eigenvalue weighted by molar-refractivity contribution is -0.109. The van der Waals surface area contributed by atoms with Crippen LogP contribution in [0.4, 0.5) is 0 Å². The first-order valence-corrected chi connectivity index (χ1v) is 5.24. The van der Waals surface area contributed by atoms with E-state index in [1.807, 2.05) is 12.1 Å². The van der Waals surface area contributed by atoms with Gasteiger partial charge < -0.3 is 10.5 Å². The van der Waals surface area contributed by atoms with E-state index in [9.17, 15) is 9.90 Å². The normalized spacial score (nSPS) is 20.1. The van der Waals surface area contributed by atoms with Crippen molar-refractivity contribution in [2.45, 2.75) is 12.8 Å². The quantitative estimate of drug-likeness (QED) is 0.793. The van der Waals surface area contributed by atoms with Crippen molar-refractivity contribution in [3.63, 3.8) is 0 Å². The van der Waals surface area contributed by atoms with Crippen LogP contribution in [0.25, 0.3) is 0 Å². The second kappa shape index (κ2) is 4.31. The molecule has 2 rings (SSSR count). The number of ketones is 1. The molecule has 3 heteroatoms. The monoisotopic (exact) mass is 215 g/mol. The Bertz CT molecular complexity index is 463. The molecule has 1 aromatic rings. The maximum absolute atomic E-state index is 11.3. The maximum atomic E-state index is 11.3. The zero-order valence-corrected chi connectivity index (χ0v) is 8.81.